The van der Waals surface area contributed by atoms with Crippen molar-refractivity contribution in [1.29, 1.82) is 0 Å². The molecule has 3 aliphatic rings. The van der Waals surface area contributed by atoms with E-state index in [1.165, 1.54) is 4.90 Å². The fourth-order valence-corrected chi connectivity index (χ4v) is 7.62. The van der Waals surface area contributed by atoms with Gasteiger partial charge in [0.1, 0.15) is 17.7 Å². The molecule has 3 amide bonds. The maximum Gasteiger partial charge on any atom is 0.312 e. The Morgan fingerprint density at radius 3 is 2.59 bits per heavy atom. The molecule has 0 aromatic rings. The smallest absolute Gasteiger partial charge is 0.312 e. The molecule has 0 aliphatic carbocycles. The van der Waals surface area contributed by atoms with Crippen LogP contribution in [0.4, 0.5) is 0 Å². The number of amides is 3. The van der Waals surface area contributed by atoms with Crippen molar-refractivity contribution in [2.24, 2.45) is 11.8 Å². The van der Waals surface area contributed by atoms with Crippen molar-refractivity contribution in [2.75, 3.05) is 19.7 Å². The maximum absolute atomic E-state index is 14.4. The highest BCUT2D eigenvalue weighted by molar-refractivity contribution is 9.09. The molecule has 10 nitrogen and oxygen atoms in total. The van der Waals surface area contributed by atoms with Gasteiger partial charge in [0.05, 0.1) is 37.1 Å². The molecule has 3 aliphatic heterocycles. The Morgan fingerprint density at radius 2 is 2.00 bits per heavy atom. The quantitative estimate of drug-likeness (QED) is 0.151. The Kier molecular flexibility index (Phi) is 11.6. The summed E-state index contributed by atoms with van der Waals surface area (Å²) in [4.78, 5) is 57.2. The maximum atomic E-state index is 14.4. The number of halogens is 1. The molecule has 9 atom stereocenters. The Bertz CT molecular complexity index is 1000. The van der Waals surface area contributed by atoms with Crippen molar-refractivity contribution >= 4 is 39.6 Å². The first-order valence-corrected chi connectivity index (χ1v) is 15.7. The average molecular weight is 641 g/mol. The molecular formula is C30H46BrN3O7. The van der Waals surface area contributed by atoms with Crippen LogP contribution in [-0.2, 0) is 28.7 Å². The number of likely N-dealkylation sites (tertiary alicyclic amines) is 1. The van der Waals surface area contributed by atoms with E-state index in [0.29, 0.717) is 32.2 Å². The van der Waals surface area contributed by atoms with E-state index in [1.54, 1.807) is 24.0 Å². The Hall–Kier alpha value is -2.24. The number of carbonyl (C=O) groups excluding carboxylic acids is 4. The SMILES string of the molecule is C=CCCC(=O)NC[C@H](C)OC(=O)[C@H]1[C@@H]2O[C@@]3(CC2Br)[C@@H]1C(=O)N([C@@H](CC)CO)[C@@H]3C(=O)N(CC=C)C(C)CCC. The molecule has 1 spiro atoms. The van der Waals surface area contributed by atoms with Crippen molar-refractivity contribution in [3.05, 3.63) is 25.3 Å². The number of nitrogens with zero attached hydrogens (tertiary/aromatic N) is 2. The first-order valence-electron chi connectivity index (χ1n) is 14.8. The molecule has 0 aromatic carbocycles. The van der Waals surface area contributed by atoms with Crippen LogP contribution in [0.15, 0.2) is 25.3 Å². The highest BCUT2D eigenvalue weighted by Crippen LogP contribution is 2.60. The van der Waals surface area contributed by atoms with Crippen LogP contribution in [0, 0.1) is 11.8 Å². The van der Waals surface area contributed by atoms with Crippen LogP contribution in [0.5, 0.6) is 0 Å². The van der Waals surface area contributed by atoms with E-state index in [9.17, 15) is 24.3 Å². The minimum atomic E-state index is -1.24. The van der Waals surface area contributed by atoms with Gasteiger partial charge >= 0.3 is 5.97 Å². The van der Waals surface area contributed by atoms with Gasteiger partial charge in [0.2, 0.25) is 17.7 Å². The van der Waals surface area contributed by atoms with Crippen LogP contribution in [0.25, 0.3) is 0 Å². The van der Waals surface area contributed by atoms with E-state index in [1.807, 2.05) is 20.8 Å². The first-order chi connectivity index (χ1) is 19.5. The molecule has 2 N–H and O–H groups in total. The number of aliphatic hydroxyl groups is 1. The topological polar surface area (TPSA) is 125 Å². The zero-order valence-electron chi connectivity index (χ0n) is 24.7. The van der Waals surface area contributed by atoms with Crippen molar-refractivity contribution in [1.82, 2.24) is 15.1 Å². The summed E-state index contributed by atoms with van der Waals surface area (Å²) < 4.78 is 12.3. The molecule has 230 valence electrons. The normalized spacial score (nSPS) is 30.3. The number of rotatable bonds is 16. The number of allylic oxidation sites excluding steroid dienone is 1. The molecule has 3 fully saturated rings. The number of esters is 1. The van der Waals surface area contributed by atoms with Crippen molar-refractivity contribution in [2.45, 2.75) is 107 Å². The number of aliphatic hydroxyl groups excluding tert-OH is 1. The summed E-state index contributed by atoms with van der Waals surface area (Å²) >= 11 is 3.67. The zero-order chi connectivity index (χ0) is 30.5. The number of hydrogen-bond donors (Lipinski definition) is 2. The number of hydrogen-bond acceptors (Lipinski definition) is 7. The van der Waals surface area contributed by atoms with E-state index < -0.39 is 47.7 Å². The lowest BCUT2D eigenvalue weighted by atomic mass is 9.70. The number of nitrogens with one attached hydrogen (secondary N) is 1. The van der Waals surface area contributed by atoms with E-state index in [-0.39, 0.29) is 41.7 Å². The van der Waals surface area contributed by atoms with Gasteiger partial charge in [0.25, 0.3) is 0 Å². The van der Waals surface area contributed by atoms with Crippen molar-refractivity contribution in [3.8, 4) is 0 Å². The molecule has 3 saturated heterocycles. The molecule has 0 saturated carbocycles. The fraction of sp³-hybridized carbons (Fsp3) is 0.733. The molecule has 2 bridgehead atoms. The molecule has 11 heteroatoms. The van der Waals surface area contributed by atoms with Gasteiger partial charge in [0.15, 0.2) is 0 Å². The average Bonchev–Trinajstić information content (AvgIpc) is 3.53. The molecule has 3 heterocycles. The highest BCUT2D eigenvalue weighted by atomic mass is 79.9. The summed E-state index contributed by atoms with van der Waals surface area (Å²) in [5.74, 6) is -3.27. The van der Waals surface area contributed by atoms with Crippen LogP contribution in [0.1, 0.15) is 66.2 Å². The second-order valence-corrected chi connectivity index (χ2v) is 12.6. The van der Waals surface area contributed by atoms with Crippen LogP contribution in [-0.4, -0.2) is 99.1 Å². The van der Waals surface area contributed by atoms with Gasteiger partial charge in [0, 0.05) is 23.8 Å². The van der Waals surface area contributed by atoms with E-state index >= 15 is 0 Å². The number of carbonyl (C=O) groups is 4. The van der Waals surface area contributed by atoms with Gasteiger partial charge in [-0.1, -0.05) is 48.4 Å². The number of alkyl halides is 1. The van der Waals surface area contributed by atoms with Gasteiger partial charge in [-0.3, -0.25) is 19.2 Å². The molecule has 41 heavy (non-hydrogen) atoms. The van der Waals surface area contributed by atoms with Gasteiger partial charge in [-0.15, -0.1) is 13.2 Å². The Morgan fingerprint density at radius 1 is 1.29 bits per heavy atom. The minimum Gasteiger partial charge on any atom is -0.460 e. The fourth-order valence-electron chi connectivity index (χ4n) is 6.68. The predicted octanol–water partition coefficient (Wildman–Crippen LogP) is 2.72. The molecule has 3 rings (SSSR count). The van der Waals surface area contributed by atoms with Crippen LogP contribution in [0.3, 0.4) is 0 Å². The standard InChI is InChI=1S/C30H46BrN3O7/c1-7-11-13-22(36)32-16-19(6)40-29(39)23-24-27(37)34(20(10-4)17-35)26(30(24)15-21(31)25(23)41-30)28(38)33(14-9-3)18(5)12-8-2/h7,9,18-21,23-26,35H,1,3,8,10-17H2,2,4-6H3,(H,32,36)/t18?,19-,20-,21?,23+,24-,25+,26+,30-/m0/s1. The summed E-state index contributed by atoms with van der Waals surface area (Å²) in [6.07, 6.45) is 5.32. The van der Waals surface area contributed by atoms with Crippen molar-refractivity contribution in [3.63, 3.8) is 0 Å². The van der Waals surface area contributed by atoms with Crippen LogP contribution in [0.2, 0.25) is 0 Å². The molecule has 2 unspecified atom stereocenters. The molecule has 0 aromatic heterocycles. The monoisotopic (exact) mass is 639 g/mol. The van der Waals surface area contributed by atoms with Crippen LogP contribution < -0.4 is 5.32 Å². The summed E-state index contributed by atoms with van der Waals surface area (Å²) in [5.41, 5.74) is -1.24. The number of fused-ring (bicyclic) bond motifs is 1. The first kappa shape index (κ1) is 33.3. The Balaban J connectivity index is 1.94. The lowest BCUT2D eigenvalue weighted by molar-refractivity contribution is -0.160. The predicted molar refractivity (Wildman–Crippen MR) is 158 cm³/mol. The lowest BCUT2D eigenvalue weighted by Gasteiger charge is -2.40. The van der Waals surface area contributed by atoms with Gasteiger partial charge in [-0.05, 0) is 39.5 Å². The van der Waals surface area contributed by atoms with Crippen molar-refractivity contribution < 1.29 is 33.8 Å². The van der Waals surface area contributed by atoms with Gasteiger partial charge in [-0.2, -0.15) is 0 Å². The second kappa shape index (κ2) is 14.3. The lowest BCUT2D eigenvalue weighted by Crippen LogP contribution is -2.60. The van der Waals surface area contributed by atoms with E-state index in [0.717, 1.165) is 12.8 Å². The third kappa shape index (κ3) is 6.41. The third-order valence-electron chi connectivity index (χ3n) is 8.64. The largest absolute Gasteiger partial charge is 0.460 e. The molecular weight excluding hydrogens is 594 g/mol. The third-order valence-corrected chi connectivity index (χ3v) is 9.48. The summed E-state index contributed by atoms with van der Waals surface area (Å²) in [5, 5.41) is 13.0. The number of ether oxygens (including phenoxy) is 2. The minimum absolute atomic E-state index is 0.103. The van der Waals surface area contributed by atoms with E-state index in [4.69, 9.17) is 9.47 Å². The van der Waals surface area contributed by atoms with E-state index in [2.05, 4.69) is 34.4 Å². The Labute approximate surface area is 252 Å². The summed E-state index contributed by atoms with van der Waals surface area (Å²) in [7, 11) is 0. The van der Waals surface area contributed by atoms with Crippen LogP contribution >= 0.6 is 15.9 Å². The summed E-state index contributed by atoms with van der Waals surface area (Å²) in [6, 6.07) is -1.71. The molecule has 0 radical (unpaired) electrons. The van der Waals surface area contributed by atoms with Gasteiger partial charge in [-0.25, -0.2) is 0 Å². The summed E-state index contributed by atoms with van der Waals surface area (Å²) in [6.45, 7) is 15.1. The highest BCUT2D eigenvalue weighted by Gasteiger charge is 2.77. The second-order valence-electron chi connectivity index (χ2n) is 11.4. The van der Waals surface area contributed by atoms with Gasteiger partial charge < -0.3 is 29.7 Å². The zero-order valence-corrected chi connectivity index (χ0v) is 26.3.